The molecule has 4 nitrogen and oxygen atoms in total. The Kier molecular flexibility index (Phi) is 3.49. The number of rotatable bonds is 2. The van der Waals surface area contributed by atoms with E-state index in [2.05, 4.69) is 41.6 Å². The van der Waals surface area contributed by atoms with Gasteiger partial charge in [0.1, 0.15) is 5.69 Å². The number of H-pyrrole nitrogens is 1. The third kappa shape index (κ3) is 2.56. The molecule has 0 radical (unpaired) electrons. The number of carbonyl (C=O) groups excluding carboxylic acids is 1. The van der Waals surface area contributed by atoms with Crippen LogP contribution in [0.1, 0.15) is 34.5 Å². The van der Waals surface area contributed by atoms with Crippen LogP contribution < -0.4 is 10.6 Å². The van der Waals surface area contributed by atoms with Crippen molar-refractivity contribution >= 4 is 16.8 Å². The van der Waals surface area contributed by atoms with E-state index in [0.717, 1.165) is 36.8 Å². The third-order valence-electron chi connectivity index (χ3n) is 3.97. The van der Waals surface area contributed by atoms with Crippen LogP contribution in [-0.4, -0.2) is 30.0 Å². The second-order valence-electron chi connectivity index (χ2n) is 5.74. The zero-order chi connectivity index (χ0) is 14.1. The molecule has 0 spiro atoms. The van der Waals surface area contributed by atoms with Crippen LogP contribution >= 0.6 is 0 Å². The van der Waals surface area contributed by atoms with Gasteiger partial charge in [0, 0.05) is 23.5 Å². The topological polar surface area (TPSA) is 56.9 Å². The molecule has 1 aliphatic heterocycles. The van der Waals surface area contributed by atoms with Crippen molar-refractivity contribution in [2.75, 3.05) is 13.1 Å². The highest BCUT2D eigenvalue weighted by molar-refractivity contribution is 5.99. The van der Waals surface area contributed by atoms with Gasteiger partial charge in [-0.15, -0.1) is 0 Å². The molecule has 20 heavy (non-hydrogen) atoms. The van der Waals surface area contributed by atoms with Crippen molar-refractivity contribution in [2.45, 2.75) is 32.7 Å². The maximum atomic E-state index is 12.3. The highest BCUT2D eigenvalue weighted by atomic mass is 16.1. The third-order valence-corrected chi connectivity index (χ3v) is 3.97. The summed E-state index contributed by atoms with van der Waals surface area (Å²) in [6, 6.07) is 6.42. The molecule has 3 N–H and O–H groups in total. The molecular weight excluding hydrogens is 250 g/mol. The Morgan fingerprint density at radius 1 is 1.30 bits per heavy atom. The Morgan fingerprint density at radius 3 is 2.90 bits per heavy atom. The molecule has 1 amide bonds. The SMILES string of the molecule is Cc1cc(C)c2cc(C(=O)NC3CCCNC3)[nH]c2c1. The maximum absolute atomic E-state index is 12.3. The lowest BCUT2D eigenvalue weighted by atomic mass is 10.1. The molecule has 0 aliphatic carbocycles. The number of aromatic nitrogens is 1. The van der Waals surface area contributed by atoms with Gasteiger partial charge in [-0.2, -0.15) is 0 Å². The van der Waals surface area contributed by atoms with Gasteiger partial charge in [0.05, 0.1) is 0 Å². The Labute approximate surface area is 118 Å². The Balaban J connectivity index is 1.82. The van der Waals surface area contributed by atoms with Crippen molar-refractivity contribution in [3.63, 3.8) is 0 Å². The summed E-state index contributed by atoms with van der Waals surface area (Å²) in [5.74, 6) is -0.00745. The minimum atomic E-state index is -0.00745. The van der Waals surface area contributed by atoms with Crippen molar-refractivity contribution in [3.8, 4) is 0 Å². The number of hydrogen-bond donors (Lipinski definition) is 3. The monoisotopic (exact) mass is 271 g/mol. The van der Waals surface area contributed by atoms with Gasteiger partial charge in [-0.1, -0.05) is 6.07 Å². The molecule has 1 fully saturated rings. The van der Waals surface area contributed by atoms with E-state index in [9.17, 15) is 4.79 Å². The molecule has 2 aromatic rings. The summed E-state index contributed by atoms with van der Waals surface area (Å²) < 4.78 is 0. The summed E-state index contributed by atoms with van der Waals surface area (Å²) >= 11 is 0. The fraction of sp³-hybridized carbons (Fsp3) is 0.438. The molecule has 1 atom stereocenters. The molecule has 0 bridgehead atoms. The fourth-order valence-corrected chi connectivity index (χ4v) is 2.96. The molecule has 0 saturated carbocycles. The summed E-state index contributed by atoms with van der Waals surface area (Å²) in [6.45, 7) is 6.07. The second-order valence-corrected chi connectivity index (χ2v) is 5.74. The van der Waals surface area contributed by atoms with Crippen LogP contribution in [0.2, 0.25) is 0 Å². The van der Waals surface area contributed by atoms with E-state index in [-0.39, 0.29) is 11.9 Å². The zero-order valence-electron chi connectivity index (χ0n) is 12.0. The van der Waals surface area contributed by atoms with Gasteiger partial charge in [0.15, 0.2) is 0 Å². The van der Waals surface area contributed by atoms with Gasteiger partial charge in [-0.05, 0) is 56.5 Å². The maximum Gasteiger partial charge on any atom is 0.267 e. The summed E-state index contributed by atoms with van der Waals surface area (Å²) in [5.41, 5.74) is 4.10. The number of nitrogens with one attached hydrogen (secondary N) is 3. The first-order valence-corrected chi connectivity index (χ1v) is 7.25. The Hall–Kier alpha value is -1.81. The molecule has 1 aromatic heterocycles. The van der Waals surface area contributed by atoms with Crippen molar-refractivity contribution < 1.29 is 4.79 Å². The van der Waals surface area contributed by atoms with Gasteiger partial charge < -0.3 is 15.6 Å². The van der Waals surface area contributed by atoms with Gasteiger partial charge in [0.25, 0.3) is 5.91 Å². The van der Waals surface area contributed by atoms with Crippen LogP contribution in [-0.2, 0) is 0 Å². The smallest absolute Gasteiger partial charge is 0.267 e. The molecule has 3 rings (SSSR count). The molecule has 1 aliphatic rings. The van der Waals surface area contributed by atoms with Crippen molar-refractivity contribution in [3.05, 3.63) is 35.0 Å². The van der Waals surface area contributed by atoms with Crippen LogP contribution in [0.5, 0.6) is 0 Å². The number of aryl methyl sites for hydroxylation is 2. The number of fused-ring (bicyclic) bond motifs is 1. The van der Waals surface area contributed by atoms with E-state index in [1.165, 1.54) is 11.1 Å². The standard InChI is InChI=1S/C16H21N3O/c1-10-6-11(2)13-8-15(19-14(13)7-10)16(20)18-12-4-3-5-17-9-12/h6-8,12,17,19H,3-5,9H2,1-2H3,(H,18,20). The normalized spacial score (nSPS) is 19.2. The number of benzene rings is 1. The Morgan fingerprint density at radius 2 is 2.15 bits per heavy atom. The molecule has 1 aromatic carbocycles. The van der Waals surface area contributed by atoms with Crippen LogP contribution in [0, 0.1) is 13.8 Å². The molecule has 4 heteroatoms. The van der Waals surface area contributed by atoms with Gasteiger partial charge in [-0.25, -0.2) is 0 Å². The van der Waals surface area contributed by atoms with Gasteiger partial charge in [-0.3, -0.25) is 4.79 Å². The average Bonchev–Trinajstić information content (AvgIpc) is 2.84. The number of hydrogen-bond acceptors (Lipinski definition) is 2. The summed E-state index contributed by atoms with van der Waals surface area (Å²) in [6.07, 6.45) is 2.17. The van der Waals surface area contributed by atoms with E-state index >= 15 is 0 Å². The minimum absolute atomic E-state index is 0.00745. The largest absolute Gasteiger partial charge is 0.351 e. The van der Waals surface area contributed by atoms with Gasteiger partial charge >= 0.3 is 0 Å². The molecule has 106 valence electrons. The summed E-state index contributed by atoms with van der Waals surface area (Å²) in [4.78, 5) is 15.5. The number of carbonyl (C=O) groups is 1. The first kappa shape index (κ1) is 13.2. The van der Waals surface area contributed by atoms with Crippen molar-refractivity contribution in [1.29, 1.82) is 0 Å². The average molecular weight is 271 g/mol. The van der Waals surface area contributed by atoms with Crippen LogP contribution in [0.25, 0.3) is 10.9 Å². The predicted octanol–water partition coefficient (Wildman–Crippen LogP) is 2.27. The van der Waals surface area contributed by atoms with E-state index in [0.29, 0.717) is 5.69 Å². The molecule has 1 unspecified atom stereocenters. The minimum Gasteiger partial charge on any atom is -0.351 e. The van der Waals surface area contributed by atoms with Gasteiger partial charge in [0.2, 0.25) is 0 Å². The quantitative estimate of drug-likeness (QED) is 0.785. The van der Waals surface area contributed by atoms with E-state index in [1.54, 1.807) is 0 Å². The lowest BCUT2D eigenvalue weighted by Crippen LogP contribution is -2.45. The number of aromatic amines is 1. The van der Waals surface area contributed by atoms with Crippen LogP contribution in [0.4, 0.5) is 0 Å². The van der Waals surface area contributed by atoms with Crippen LogP contribution in [0.3, 0.4) is 0 Å². The van der Waals surface area contributed by atoms with Crippen molar-refractivity contribution in [1.82, 2.24) is 15.6 Å². The van der Waals surface area contributed by atoms with E-state index in [1.807, 2.05) is 6.07 Å². The predicted molar refractivity (Wildman–Crippen MR) is 81.1 cm³/mol. The summed E-state index contributed by atoms with van der Waals surface area (Å²) in [7, 11) is 0. The van der Waals surface area contributed by atoms with Crippen molar-refractivity contribution in [2.24, 2.45) is 0 Å². The lowest BCUT2D eigenvalue weighted by Gasteiger charge is -2.23. The van der Waals surface area contributed by atoms with E-state index < -0.39 is 0 Å². The molecule has 2 heterocycles. The zero-order valence-corrected chi connectivity index (χ0v) is 12.0. The second kappa shape index (κ2) is 5.29. The summed E-state index contributed by atoms with van der Waals surface area (Å²) in [5, 5.41) is 7.53. The lowest BCUT2D eigenvalue weighted by molar-refractivity contribution is 0.0926. The first-order valence-electron chi connectivity index (χ1n) is 7.25. The highest BCUT2D eigenvalue weighted by Crippen LogP contribution is 2.21. The Bertz CT molecular complexity index is 638. The molecule has 1 saturated heterocycles. The number of piperidine rings is 1. The fourth-order valence-electron chi connectivity index (χ4n) is 2.96. The highest BCUT2D eigenvalue weighted by Gasteiger charge is 2.17. The van der Waals surface area contributed by atoms with E-state index in [4.69, 9.17) is 0 Å². The number of amides is 1. The first-order chi connectivity index (χ1) is 9.63. The molecular formula is C16H21N3O. The van der Waals surface area contributed by atoms with Crippen LogP contribution in [0.15, 0.2) is 18.2 Å².